The number of carbonyl (C=O) groups is 4. The molecular weight excluding hydrogens is 336 g/mol. The van der Waals surface area contributed by atoms with Crippen LogP contribution in [0.2, 0.25) is 0 Å². The number of hydrogen-bond acceptors (Lipinski definition) is 5. The third kappa shape index (κ3) is 3.34. The summed E-state index contributed by atoms with van der Waals surface area (Å²) in [5.41, 5.74) is 0.551. The van der Waals surface area contributed by atoms with Gasteiger partial charge in [0.25, 0.3) is 17.7 Å². The first-order valence-corrected chi connectivity index (χ1v) is 8.82. The van der Waals surface area contributed by atoms with E-state index in [1.165, 1.54) is 0 Å². The number of amides is 3. The normalized spacial score (nSPS) is 22.4. The highest BCUT2D eigenvalue weighted by Crippen LogP contribution is 2.23. The number of esters is 1. The summed E-state index contributed by atoms with van der Waals surface area (Å²) in [6.45, 7) is 3.09. The van der Waals surface area contributed by atoms with Crippen molar-refractivity contribution in [2.75, 3.05) is 13.2 Å². The molecule has 26 heavy (non-hydrogen) atoms. The van der Waals surface area contributed by atoms with Gasteiger partial charge in [0, 0.05) is 12.1 Å². The first-order chi connectivity index (χ1) is 12.4. The van der Waals surface area contributed by atoms with Crippen LogP contribution in [0.15, 0.2) is 24.3 Å². The molecule has 138 valence electrons. The van der Waals surface area contributed by atoms with Crippen LogP contribution in [0, 0.1) is 0 Å². The maximum absolute atomic E-state index is 12.4. The van der Waals surface area contributed by atoms with Crippen molar-refractivity contribution in [2.24, 2.45) is 0 Å². The molecular formula is C19H22N2O5. The Morgan fingerprint density at radius 3 is 2.12 bits per heavy atom. The second-order valence-electron chi connectivity index (χ2n) is 6.83. The lowest BCUT2D eigenvalue weighted by atomic mass is 9.97. The summed E-state index contributed by atoms with van der Waals surface area (Å²) in [5.74, 6) is -2.06. The topological polar surface area (TPSA) is 84.0 Å². The predicted octanol–water partition coefficient (Wildman–Crippen LogP) is 1.62. The molecule has 0 N–H and O–H groups in total. The lowest BCUT2D eigenvalue weighted by Gasteiger charge is -2.38. The Bertz CT molecular complexity index is 715. The fraction of sp³-hybridized carbons (Fsp3) is 0.474. The highest BCUT2D eigenvalue weighted by molar-refractivity contribution is 6.22. The van der Waals surface area contributed by atoms with Crippen LogP contribution in [0.4, 0.5) is 0 Å². The lowest BCUT2D eigenvalue weighted by Crippen LogP contribution is -2.49. The van der Waals surface area contributed by atoms with Crippen molar-refractivity contribution in [3.05, 3.63) is 35.4 Å². The molecule has 0 aromatic heterocycles. The Balaban J connectivity index is 1.56. The van der Waals surface area contributed by atoms with Gasteiger partial charge in [-0.3, -0.25) is 24.1 Å². The minimum Gasteiger partial charge on any atom is -0.454 e. The molecule has 7 nitrogen and oxygen atoms in total. The van der Waals surface area contributed by atoms with Gasteiger partial charge in [-0.25, -0.2) is 0 Å². The van der Waals surface area contributed by atoms with Gasteiger partial charge in [-0.1, -0.05) is 12.1 Å². The number of rotatable bonds is 4. The molecule has 2 atom stereocenters. The zero-order valence-corrected chi connectivity index (χ0v) is 14.9. The summed E-state index contributed by atoms with van der Waals surface area (Å²) in [6, 6.07) is 6.63. The van der Waals surface area contributed by atoms with Gasteiger partial charge in [-0.05, 0) is 45.2 Å². The number of hydrogen-bond donors (Lipinski definition) is 0. The molecule has 2 aliphatic rings. The van der Waals surface area contributed by atoms with Gasteiger partial charge in [0.2, 0.25) is 0 Å². The maximum atomic E-state index is 12.4. The van der Waals surface area contributed by atoms with E-state index in [9.17, 15) is 19.2 Å². The quantitative estimate of drug-likeness (QED) is 0.603. The number of imide groups is 1. The zero-order chi connectivity index (χ0) is 18.8. The lowest BCUT2D eigenvalue weighted by molar-refractivity contribution is -0.154. The zero-order valence-electron chi connectivity index (χ0n) is 14.9. The van der Waals surface area contributed by atoms with Crippen LogP contribution in [-0.2, 0) is 14.3 Å². The highest BCUT2D eigenvalue weighted by atomic mass is 16.5. The van der Waals surface area contributed by atoms with Crippen LogP contribution in [0.5, 0.6) is 0 Å². The molecule has 1 aromatic rings. The molecule has 1 aromatic carbocycles. The summed E-state index contributed by atoms with van der Waals surface area (Å²) in [6.07, 6.45) is 2.93. The van der Waals surface area contributed by atoms with E-state index in [0.29, 0.717) is 0 Å². The van der Waals surface area contributed by atoms with E-state index in [1.807, 2.05) is 13.8 Å². The second-order valence-corrected chi connectivity index (χ2v) is 6.83. The smallest absolute Gasteiger partial charge is 0.326 e. The molecule has 0 bridgehead atoms. The van der Waals surface area contributed by atoms with E-state index in [0.717, 1.165) is 24.2 Å². The van der Waals surface area contributed by atoms with E-state index in [2.05, 4.69) is 0 Å². The fourth-order valence-electron chi connectivity index (χ4n) is 3.69. The number of ether oxygens (including phenoxy) is 1. The Kier molecular flexibility index (Phi) is 5.06. The van der Waals surface area contributed by atoms with Crippen molar-refractivity contribution in [1.82, 2.24) is 9.80 Å². The molecule has 1 fully saturated rings. The van der Waals surface area contributed by atoms with Crippen LogP contribution in [-0.4, -0.2) is 58.7 Å². The summed E-state index contributed by atoms with van der Waals surface area (Å²) in [5, 5.41) is 0. The van der Waals surface area contributed by atoms with Gasteiger partial charge < -0.3 is 9.64 Å². The van der Waals surface area contributed by atoms with E-state index in [1.54, 1.807) is 29.2 Å². The molecule has 0 spiro atoms. The molecule has 0 radical (unpaired) electrons. The second kappa shape index (κ2) is 7.27. The molecule has 7 heteroatoms. The summed E-state index contributed by atoms with van der Waals surface area (Å²) in [7, 11) is 0. The number of likely N-dealkylation sites (tertiary alicyclic amines) is 1. The molecule has 3 amide bonds. The van der Waals surface area contributed by atoms with Gasteiger partial charge in [-0.2, -0.15) is 0 Å². The van der Waals surface area contributed by atoms with Crippen molar-refractivity contribution in [3.8, 4) is 0 Å². The first-order valence-electron chi connectivity index (χ1n) is 8.82. The Labute approximate surface area is 151 Å². The number of nitrogens with zero attached hydrogens (tertiary/aromatic N) is 2. The van der Waals surface area contributed by atoms with E-state index < -0.39 is 24.3 Å². The Morgan fingerprint density at radius 2 is 1.58 bits per heavy atom. The number of benzene rings is 1. The molecule has 3 rings (SSSR count). The standard InChI is InChI=1S/C19H22N2O5/c1-12-6-5-7-13(2)21(12)16(22)11-26-17(23)10-20-18(24)14-8-3-4-9-15(14)19(20)25/h3-4,8-9,12-13H,5-7,10-11H2,1-2H3/t12-,13-/m1/s1. The summed E-state index contributed by atoms with van der Waals surface area (Å²) in [4.78, 5) is 51.5. The van der Waals surface area contributed by atoms with Crippen molar-refractivity contribution in [1.29, 1.82) is 0 Å². The van der Waals surface area contributed by atoms with Crippen molar-refractivity contribution < 1.29 is 23.9 Å². The average molecular weight is 358 g/mol. The number of piperidine rings is 1. The van der Waals surface area contributed by atoms with E-state index in [4.69, 9.17) is 4.74 Å². The summed E-state index contributed by atoms with van der Waals surface area (Å²) < 4.78 is 5.03. The van der Waals surface area contributed by atoms with Gasteiger partial charge in [-0.15, -0.1) is 0 Å². The highest BCUT2D eigenvalue weighted by Gasteiger charge is 2.37. The van der Waals surface area contributed by atoms with Crippen LogP contribution in [0.1, 0.15) is 53.8 Å². The van der Waals surface area contributed by atoms with Crippen LogP contribution in [0.3, 0.4) is 0 Å². The van der Waals surface area contributed by atoms with Gasteiger partial charge >= 0.3 is 5.97 Å². The van der Waals surface area contributed by atoms with Crippen LogP contribution >= 0.6 is 0 Å². The molecule has 0 unspecified atom stereocenters. The Morgan fingerprint density at radius 1 is 1.04 bits per heavy atom. The predicted molar refractivity (Wildman–Crippen MR) is 92.4 cm³/mol. The van der Waals surface area contributed by atoms with Gasteiger partial charge in [0.1, 0.15) is 6.54 Å². The SMILES string of the molecule is C[C@@H]1CCC[C@@H](C)N1C(=O)COC(=O)CN1C(=O)c2ccccc2C1=O. The monoisotopic (exact) mass is 358 g/mol. The van der Waals surface area contributed by atoms with Crippen molar-refractivity contribution >= 4 is 23.7 Å². The molecule has 0 saturated carbocycles. The average Bonchev–Trinajstić information content (AvgIpc) is 2.85. The maximum Gasteiger partial charge on any atom is 0.326 e. The fourth-order valence-corrected chi connectivity index (χ4v) is 3.69. The van der Waals surface area contributed by atoms with E-state index in [-0.39, 0.29) is 35.7 Å². The van der Waals surface area contributed by atoms with Crippen LogP contribution in [0.25, 0.3) is 0 Å². The molecule has 2 heterocycles. The number of fused-ring (bicyclic) bond motifs is 1. The largest absolute Gasteiger partial charge is 0.454 e. The minimum absolute atomic E-state index is 0.112. The molecule has 0 aliphatic carbocycles. The van der Waals surface area contributed by atoms with Gasteiger partial charge in [0.15, 0.2) is 6.61 Å². The van der Waals surface area contributed by atoms with E-state index >= 15 is 0 Å². The first kappa shape index (κ1) is 18.1. The van der Waals surface area contributed by atoms with Crippen LogP contribution < -0.4 is 0 Å². The number of carbonyl (C=O) groups excluding carboxylic acids is 4. The van der Waals surface area contributed by atoms with Crippen molar-refractivity contribution in [2.45, 2.75) is 45.2 Å². The van der Waals surface area contributed by atoms with Crippen molar-refractivity contribution in [3.63, 3.8) is 0 Å². The molecule has 1 saturated heterocycles. The van der Waals surface area contributed by atoms with Gasteiger partial charge in [0.05, 0.1) is 11.1 Å². The third-order valence-electron chi connectivity index (χ3n) is 5.00. The third-order valence-corrected chi connectivity index (χ3v) is 5.00. The Hall–Kier alpha value is -2.70. The summed E-state index contributed by atoms with van der Waals surface area (Å²) >= 11 is 0. The minimum atomic E-state index is -0.773. The molecule has 2 aliphatic heterocycles.